The summed E-state index contributed by atoms with van der Waals surface area (Å²) in [4.78, 5) is 0. The summed E-state index contributed by atoms with van der Waals surface area (Å²) in [5.74, 6) is 2.20. The zero-order valence-electron chi connectivity index (χ0n) is 12.1. The third-order valence-electron chi connectivity index (χ3n) is 3.98. The van der Waals surface area contributed by atoms with Crippen molar-refractivity contribution in [2.24, 2.45) is 0 Å². The van der Waals surface area contributed by atoms with Crippen LogP contribution in [0.2, 0.25) is 0 Å². The maximum Gasteiger partial charge on any atom is 0.161 e. The van der Waals surface area contributed by atoms with Crippen LogP contribution in [0, 0.1) is 0 Å². The molecule has 4 rings (SSSR count). The van der Waals surface area contributed by atoms with Gasteiger partial charge in [0.1, 0.15) is 12.7 Å². The predicted octanol–water partition coefficient (Wildman–Crippen LogP) is 2.92. The van der Waals surface area contributed by atoms with Gasteiger partial charge in [0.2, 0.25) is 0 Å². The van der Waals surface area contributed by atoms with Gasteiger partial charge in [0.05, 0.1) is 5.52 Å². The predicted molar refractivity (Wildman–Crippen MR) is 85.2 cm³/mol. The molecule has 1 aliphatic heterocycles. The first-order valence-electron chi connectivity index (χ1n) is 7.40. The number of rotatable bonds is 3. The first-order chi connectivity index (χ1) is 10.8. The zero-order chi connectivity index (χ0) is 14.9. The van der Waals surface area contributed by atoms with Gasteiger partial charge in [-0.25, -0.2) is 0 Å². The Morgan fingerprint density at radius 1 is 1.18 bits per heavy atom. The molecule has 0 radical (unpaired) electrons. The van der Waals surface area contributed by atoms with Gasteiger partial charge < -0.3 is 15.2 Å². The normalized spacial score (nSPS) is 16.8. The second kappa shape index (κ2) is 5.26. The summed E-state index contributed by atoms with van der Waals surface area (Å²) in [5.41, 5.74) is 8.04. The maximum atomic E-state index is 5.98. The number of nitrogens with two attached hydrogens (primary N) is 1. The molecule has 0 amide bonds. The topological polar surface area (TPSA) is 73.2 Å². The molecular weight excluding hydrogens is 278 g/mol. The number of nitrogen functional groups attached to an aromatic ring is 1. The highest BCUT2D eigenvalue weighted by Crippen LogP contribution is 2.32. The second-order valence-corrected chi connectivity index (χ2v) is 5.53. The van der Waals surface area contributed by atoms with Crippen molar-refractivity contribution in [3.8, 4) is 11.5 Å². The highest BCUT2D eigenvalue weighted by molar-refractivity contribution is 5.88. The van der Waals surface area contributed by atoms with Gasteiger partial charge in [-0.1, -0.05) is 18.2 Å². The van der Waals surface area contributed by atoms with E-state index >= 15 is 0 Å². The average molecular weight is 295 g/mol. The fourth-order valence-corrected chi connectivity index (χ4v) is 2.77. The van der Waals surface area contributed by atoms with E-state index in [4.69, 9.17) is 15.2 Å². The number of aromatic amines is 1. The van der Waals surface area contributed by atoms with Crippen LogP contribution in [-0.4, -0.2) is 22.9 Å². The van der Waals surface area contributed by atoms with Crippen LogP contribution in [0.3, 0.4) is 0 Å². The largest absolute Gasteiger partial charge is 0.486 e. The molecule has 0 unspecified atom stereocenters. The van der Waals surface area contributed by atoms with Crippen molar-refractivity contribution in [1.29, 1.82) is 0 Å². The van der Waals surface area contributed by atoms with Crippen LogP contribution < -0.4 is 15.2 Å². The van der Waals surface area contributed by atoms with Crippen LogP contribution in [0.15, 0.2) is 42.5 Å². The Bertz CT molecular complexity index is 813. The van der Waals surface area contributed by atoms with Crippen molar-refractivity contribution in [3.63, 3.8) is 0 Å². The molecule has 0 fully saturated rings. The minimum Gasteiger partial charge on any atom is -0.486 e. The number of ether oxygens (including phenoxy) is 2. The van der Waals surface area contributed by atoms with Crippen molar-refractivity contribution < 1.29 is 9.47 Å². The average Bonchev–Trinajstić information content (AvgIpc) is 2.93. The van der Waals surface area contributed by atoms with Crippen LogP contribution in [0.5, 0.6) is 11.5 Å². The van der Waals surface area contributed by atoms with Crippen molar-refractivity contribution in [2.75, 3.05) is 12.3 Å². The number of hydrogen-bond acceptors (Lipinski definition) is 4. The molecule has 0 bridgehead atoms. The summed E-state index contributed by atoms with van der Waals surface area (Å²) in [6.45, 7) is 0.590. The van der Waals surface area contributed by atoms with Gasteiger partial charge in [-0.2, -0.15) is 5.10 Å². The minimum absolute atomic E-state index is 0.0762. The Morgan fingerprint density at radius 3 is 2.95 bits per heavy atom. The summed E-state index contributed by atoms with van der Waals surface area (Å²) in [5, 5.41) is 7.91. The highest BCUT2D eigenvalue weighted by atomic mass is 16.6. The lowest BCUT2D eigenvalue weighted by atomic mass is 10.0. The van der Waals surface area contributed by atoms with E-state index in [9.17, 15) is 0 Å². The minimum atomic E-state index is 0.0762. The van der Waals surface area contributed by atoms with Gasteiger partial charge in [-0.3, -0.25) is 5.10 Å². The molecule has 0 aliphatic carbocycles. The number of hydrogen-bond donors (Lipinski definition) is 2. The van der Waals surface area contributed by atoms with E-state index < -0.39 is 0 Å². The Morgan fingerprint density at radius 2 is 2.05 bits per heavy atom. The van der Waals surface area contributed by atoms with Gasteiger partial charge in [-0.15, -0.1) is 0 Å². The number of nitrogens with zero attached hydrogens (tertiary/aromatic N) is 1. The molecule has 3 aromatic rings. The summed E-state index contributed by atoms with van der Waals surface area (Å²) in [6, 6.07) is 14.0. The highest BCUT2D eigenvalue weighted by Gasteiger charge is 2.20. The van der Waals surface area contributed by atoms with E-state index in [1.165, 1.54) is 5.56 Å². The Kier molecular flexibility index (Phi) is 3.11. The molecule has 2 aromatic carbocycles. The molecule has 3 N–H and O–H groups in total. The third kappa shape index (κ3) is 2.35. The van der Waals surface area contributed by atoms with Crippen molar-refractivity contribution in [1.82, 2.24) is 10.2 Å². The lowest BCUT2D eigenvalue weighted by molar-refractivity contribution is 0.0851. The lowest BCUT2D eigenvalue weighted by Gasteiger charge is -2.26. The van der Waals surface area contributed by atoms with E-state index in [0.29, 0.717) is 12.4 Å². The third-order valence-corrected chi connectivity index (χ3v) is 3.98. The number of anilines is 1. The smallest absolute Gasteiger partial charge is 0.161 e. The van der Waals surface area contributed by atoms with Crippen molar-refractivity contribution in [2.45, 2.75) is 18.9 Å². The van der Waals surface area contributed by atoms with Crippen LogP contribution >= 0.6 is 0 Å². The first-order valence-corrected chi connectivity index (χ1v) is 7.40. The number of aryl methyl sites for hydroxylation is 1. The van der Waals surface area contributed by atoms with E-state index in [1.807, 2.05) is 30.3 Å². The lowest BCUT2D eigenvalue weighted by Crippen LogP contribution is -2.29. The van der Waals surface area contributed by atoms with E-state index in [1.54, 1.807) is 0 Å². The number of aromatic nitrogens is 2. The van der Waals surface area contributed by atoms with E-state index in [0.717, 1.165) is 35.2 Å². The van der Waals surface area contributed by atoms with Gasteiger partial charge in [0.15, 0.2) is 17.3 Å². The van der Waals surface area contributed by atoms with Crippen LogP contribution in [-0.2, 0) is 6.42 Å². The molecular formula is C17H17N3O2. The number of nitrogens with one attached hydrogen (secondary N) is 1. The summed E-state index contributed by atoms with van der Waals surface area (Å²) >= 11 is 0. The molecule has 2 heterocycles. The summed E-state index contributed by atoms with van der Waals surface area (Å²) < 4.78 is 11.7. The van der Waals surface area contributed by atoms with E-state index in [2.05, 4.69) is 22.3 Å². The monoisotopic (exact) mass is 295 g/mol. The van der Waals surface area contributed by atoms with Gasteiger partial charge in [0, 0.05) is 5.39 Å². The van der Waals surface area contributed by atoms with Crippen LogP contribution in [0.4, 0.5) is 5.82 Å². The maximum absolute atomic E-state index is 5.98. The molecule has 5 nitrogen and oxygen atoms in total. The molecule has 22 heavy (non-hydrogen) atoms. The van der Waals surface area contributed by atoms with Crippen molar-refractivity contribution in [3.05, 3.63) is 48.0 Å². The summed E-state index contributed by atoms with van der Waals surface area (Å²) in [7, 11) is 0. The Hall–Kier alpha value is -2.69. The number of H-pyrrole nitrogens is 1. The fraction of sp³-hybridized carbons (Fsp3) is 0.235. The molecule has 0 saturated heterocycles. The number of benzene rings is 2. The molecule has 1 aliphatic rings. The molecule has 0 spiro atoms. The SMILES string of the molecule is Nc1n[nH]c2ccc(CC[C@H]3COc4ccccc4O3)cc12. The van der Waals surface area contributed by atoms with Gasteiger partial charge in [0.25, 0.3) is 0 Å². The van der Waals surface area contributed by atoms with Gasteiger partial charge >= 0.3 is 0 Å². The zero-order valence-corrected chi connectivity index (χ0v) is 12.1. The van der Waals surface area contributed by atoms with Crippen LogP contribution in [0.1, 0.15) is 12.0 Å². The fourth-order valence-electron chi connectivity index (χ4n) is 2.77. The van der Waals surface area contributed by atoms with Crippen LogP contribution in [0.25, 0.3) is 10.9 Å². The van der Waals surface area contributed by atoms with E-state index in [-0.39, 0.29) is 6.10 Å². The molecule has 1 aromatic heterocycles. The Balaban J connectivity index is 1.45. The quantitative estimate of drug-likeness (QED) is 0.779. The number of para-hydroxylation sites is 2. The molecule has 0 saturated carbocycles. The molecule has 1 atom stereocenters. The summed E-state index contributed by atoms with van der Waals surface area (Å²) in [6.07, 6.45) is 1.89. The standard InChI is InChI=1S/C17H17N3O2/c18-17-13-9-11(6-8-14(13)19-20-17)5-7-12-10-21-15-3-1-2-4-16(15)22-12/h1-4,6,8-9,12H,5,7,10H2,(H3,18,19,20)/t12-/m0/s1. The second-order valence-electron chi connectivity index (χ2n) is 5.53. The first kappa shape index (κ1) is 13.0. The number of fused-ring (bicyclic) bond motifs is 2. The Labute approximate surface area is 128 Å². The van der Waals surface area contributed by atoms with Crippen molar-refractivity contribution >= 4 is 16.7 Å². The molecule has 112 valence electrons. The molecule has 5 heteroatoms. The van der Waals surface area contributed by atoms with Gasteiger partial charge in [-0.05, 0) is 42.7 Å².